The molecule has 4 aliphatic rings. The Kier molecular flexibility index (Phi) is 10.9. The molecule has 2 unspecified atom stereocenters. The number of nitrogens with one attached hydrogen (secondary N) is 2. The molecular weight excluding hydrogens is 715 g/mol. The molecule has 12 nitrogen and oxygen atoms in total. The Hall–Kier alpha value is -5.14. The van der Waals surface area contributed by atoms with E-state index >= 15 is 0 Å². The zero-order valence-electron chi connectivity index (χ0n) is 30.9. The van der Waals surface area contributed by atoms with E-state index in [1.54, 1.807) is 16.7 Å². The van der Waals surface area contributed by atoms with E-state index in [1.807, 2.05) is 71.4 Å². The van der Waals surface area contributed by atoms with Gasteiger partial charge in [-0.1, -0.05) is 30.7 Å². The summed E-state index contributed by atoms with van der Waals surface area (Å²) in [5.41, 5.74) is 9.49. The van der Waals surface area contributed by atoms with E-state index in [-0.39, 0.29) is 30.2 Å². The van der Waals surface area contributed by atoms with Crippen LogP contribution in [0.4, 0.5) is 5.82 Å². The van der Waals surface area contributed by atoms with E-state index in [0.29, 0.717) is 41.5 Å². The summed E-state index contributed by atoms with van der Waals surface area (Å²) in [5.74, 6) is 2.35. The second-order valence-corrected chi connectivity index (χ2v) is 16.0. The molecule has 4 aliphatic heterocycles. The lowest BCUT2D eigenvalue weighted by atomic mass is 9.86. The van der Waals surface area contributed by atoms with Crippen LogP contribution < -0.4 is 21.1 Å². The second-order valence-electron chi connectivity index (χ2n) is 14.9. The smallest absolute Gasteiger partial charge is 0.255 e. The molecule has 4 N–H and O–H groups in total. The lowest BCUT2D eigenvalue weighted by Gasteiger charge is -2.38. The van der Waals surface area contributed by atoms with Crippen LogP contribution in [0.25, 0.3) is 11.3 Å². The van der Waals surface area contributed by atoms with Crippen molar-refractivity contribution in [2.75, 3.05) is 37.2 Å². The number of ether oxygens (including phenoxy) is 1. The predicted molar refractivity (Wildman–Crippen MR) is 211 cm³/mol. The van der Waals surface area contributed by atoms with Gasteiger partial charge in [0.2, 0.25) is 11.8 Å². The van der Waals surface area contributed by atoms with Crippen LogP contribution in [0.1, 0.15) is 83.7 Å². The summed E-state index contributed by atoms with van der Waals surface area (Å²) in [6.07, 6.45) is 7.09. The molecule has 0 saturated carbocycles. The number of aromatic nitrogens is 2. The fourth-order valence-electron chi connectivity index (χ4n) is 8.53. The van der Waals surface area contributed by atoms with Crippen molar-refractivity contribution in [2.24, 2.45) is 11.7 Å². The van der Waals surface area contributed by atoms with Crippen LogP contribution in [0.3, 0.4) is 0 Å². The van der Waals surface area contributed by atoms with Crippen LogP contribution in [0.5, 0.6) is 11.5 Å². The van der Waals surface area contributed by atoms with Crippen LogP contribution in [0.2, 0.25) is 0 Å². The average Bonchev–Trinajstić information content (AvgIpc) is 3.76. The van der Waals surface area contributed by atoms with Crippen molar-refractivity contribution in [3.63, 3.8) is 0 Å². The number of carbonyl (C=O) groups is 4. The molecule has 286 valence electrons. The van der Waals surface area contributed by atoms with Crippen molar-refractivity contribution in [1.29, 1.82) is 0 Å². The van der Waals surface area contributed by atoms with Gasteiger partial charge in [-0.3, -0.25) is 24.5 Å². The predicted octanol–water partition coefficient (Wildman–Crippen LogP) is 6.23. The number of nitrogens with zero attached hydrogens (tertiary/aromatic N) is 4. The van der Waals surface area contributed by atoms with Crippen LogP contribution in [0, 0.1) is 5.92 Å². The third-order valence-electron chi connectivity index (χ3n) is 11.4. The Morgan fingerprint density at radius 2 is 1.67 bits per heavy atom. The minimum Gasteiger partial charge on any atom is -0.457 e. The molecule has 0 radical (unpaired) electrons. The number of anilines is 1. The summed E-state index contributed by atoms with van der Waals surface area (Å²) < 4.78 is 8.01. The highest BCUT2D eigenvalue weighted by atomic mass is 32.2. The maximum Gasteiger partial charge on any atom is 0.255 e. The lowest BCUT2D eigenvalue weighted by molar-refractivity contribution is -0.136. The number of primary amides is 1. The first-order chi connectivity index (χ1) is 26.8. The molecule has 0 spiro atoms. The summed E-state index contributed by atoms with van der Waals surface area (Å²) in [4.78, 5) is 55.4. The summed E-state index contributed by atoms with van der Waals surface area (Å²) in [5, 5.41) is 10.8. The third kappa shape index (κ3) is 7.86. The number of amides is 4. The van der Waals surface area contributed by atoms with Gasteiger partial charge in [0.15, 0.2) is 0 Å². The Morgan fingerprint density at radius 1 is 0.891 bits per heavy atom. The number of hydrogen-bond acceptors (Lipinski definition) is 9. The molecule has 55 heavy (non-hydrogen) atoms. The number of carbonyl (C=O) groups excluding carboxylic acids is 4. The van der Waals surface area contributed by atoms with Crippen molar-refractivity contribution in [1.82, 2.24) is 24.9 Å². The van der Waals surface area contributed by atoms with Crippen molar-refractivity contribution in [2.45, 2.75) is 74.9 Å². The number of fused-ring (bicyclic) bond motifs is 2. The van der Waals surface area contributed by atoms with E-state index in [4.69, 9.17) is 15.6 Å². The van der Waals surface area contributed by atoms with Gasteiger partial charge in [-0.05, 0) is 124 Å². The van der Waals surface area contributed by atoms with Gasteiger partial charge in [0.25, 0.3) is 11.8 Å². The molecule has 1 aromatic heterocycles. The number of nitrogens with two attached hydrogens (primary N) is 1. The van der Waals surface area contributed by atoms with Gasteiger partial charge in [-0.25, -0.2) is 4.68 Å². The van der Waals surface area contributed by atoms with Crippen LogP contribution in [-0.2, 0) is 16.1 Å². The van der Waals surface area contributed by atoms with Gasteiger partial charge in [0, 0.05) is 35.5 Å². The monoisotopic (exact) mass is 761 g/mol. The number of benzene rings is 3. The second kappa shape index (κ2) is 16.3. The molecule has 4 amide bonds. The summed E-state index contributed by atoms with van der Waals surface area (Å²) in [6.45, 7) is 4.36. The van der Waals surface area contributed by atoms with E-state index in [0.717, 1.165) is 98.0 Å². The number of piperidine rings is 2. The van der Waals surface area contributed by atoms with E-state index < -0.39 is 11.9 Å². The van der Waals surface area contributed by atoms with Crippen LogP contribution in [-0.4, -0.2) is 81.2 Å². The number of likely N-dealkylation sites (tertiary alicyclic amines) is 1. The normalized spacial score (nSPS) is 20.1. The molecule has 3 aromatic carbocycles. The highest BCUT2D eigenvalue weighted by Gasteiger charge is 2.40. The fourth-order valence-corrected chi connectivity index (χ4v) is 9.62. The van der Waals surface area contributed by atoms with Crippen molar-refractivity contribution < 1.29 is 23.9 Å². The molecule has 0 bridgehead atoms. The first-order valence-corrected chi connectivity index (χ1v) is 20.4. The molecule has 8 rings (SSSR count). The number of para-hydroxylation sites is 1. The molecule has 4 aromatic rings. The quantitative estimate of drug-likeness (QED) is 0.0818. The largest absolute Gasteiger partial charge is 0.457 e. The molecule has 0 aliphatic carbocycles. The average molecular weight is 762 g/mol. The van der Waals surface area contributed by atoms with Crippen LogP contribution >= 0.6 is 11.8 Å². The highest BCUT2D eigenvalue weighted by Crippen LogP contribution is 2.40. The highest BCUT2D eigenvalue weighted by molar-refractivity contribution is 7.99. The SMILES string of the molecule is NC(=O)c1c(-c2ccc(Oc3ccccc3)cc2)nn2c1NCCC2C1CCN(CCCCCSc2cccc3c2CN(C2CCC(=O)NC2=O)C3=O)CC1. The Labute approximate surface area is 325 Å². The minimum absolute atomic E-state index is 0.127. The van der Waals surface area contributed by atoms with Crippen molar-refractivity contribution in [3.05, 3.63) is 89.5 Å². The Bertz CT molecular complexity index is 2060. The first-order valence-electron chi connectivity index (χ1n) is 19.5. The van der Waals surface area contributed by atoms with Crippen molar-refractivity contribution in [3.8, 4) is 22.8 Å². The van der Waals surface area contributed by atoms with Gasteiger partial charge >= 0.3 is 0 Å². The standard InChI is InChI=1S/C42H47N7O5S/c43-39(51)37-38(28-12-14-30(15-13-28)54-29-8-3-1-4-9-29)46-49-33(18-21-44-40(37)49)27-19-23-47(24-20-27)22-5-2-6-25-55-35-11-7-10-31-32(35)26-48(42(31)53)34-16-17-36(50)45-41(34)52/h1,3-4,7-15,27,33-34,44H,2,5-6,16-26H2,(H2,43,51)(H,45,50,52). The maximum absolute atomic E-state index is 13.2. The number of rotatable bonds is 13. The van der Waals surface area contributed by atoms with Gasteiger partial charge in [-0.2, -0.15) is 5.10 Å². The van der Waals surface area contributed by atoms with Gasteiger partial charge in [0.05, 0.1) is 6.04 Å². The zero-order chi connectivity index (χ0) is 37.9. The summed E-state index contributed by atoms with van der Waals surface area (Å²) >= 11 is 1.78. The van der Waals surface area contributed by atoms with Crippen molar-refractivity contribution >= 4 is 41.2 Å². The Morgan fingerprint density at radius 3 is 2.44 bits per heavy atom. The minimum atomic E-state index is -0.596. The third-order valence-corrected chi connectivity index (χ3v) is 12.6. The maximum atomic E-state index is 13.2. The van der Waals surface area contributed by atoms with Gasteiger partial charge in [0.1, 0.15) is 34.6 Å². The Balaban J connectivity index is 0.808. The molecular formula is C42H47N7O5S. The molecule has 5 heterocycles. The number of imide groups is 1. The first kappa shape index (κ1) is 36.8. The molecule has 2 fully saturated rings. The molecule has 2 saturated heterocycles. The summed E-state index contributed by atoms with van der Waals surface area (Å²) in [6, 6.07) is 22.7. The topological polar surface area (TPSA) is 152 Å². The van der Waals surface area contributed by atoms with E-state index in [2.05, 4.69) is 21.6 Å². The lowest BCUT2D eigenvalue weighted by Crippen LogP contribution is -2.52. The van der Waals surface area contributed by atoms with Gasteiger partial charge < -0.3 is 25.6 Å². The van der Waals surface area contributed by atoms with Gasteiger partial charge in [-0.15, -0.1) is 11.8 Å². The zero-order valence-corrected chi connectivity index (χ0v) is 31.7. The summed E-state index contributed by atoms with van der Waals surface area (Å²) in [7, 11) is 0. The van der Waals surface area contributed by atoms with E-state index in [1.165, 1.54) is 0 Å². The fraction of sp³-hybridized carbons (Fsp3) is 0.405. The number of unbranched alkanes of at least 4 members (excludes halogenated alkanes) is 2. The van der Waals surface area contributed by atoms with E-state index in [9.17, 15) is 19.2 Å². The molecule has 2 atom stereocenters. The number of thioether (sulfide) groups is 1. The number of hydrogen-bond donors (Lipinski definition) is 3. The molecule has 13 heteroatoms. The van der Waals surface area contributed by atoms with Crippen LogP contribution in [0.15, 0.2) is 77.7 Å².